The lowest BCUT2D eigenvalue weighted by atomic mass is 10.1. The molecule has 0 aliphatic heterocycles. The molecular weight excluding hydrogens is 166 g/mol. The van der Waals surface area contributed by atoms with Crippen molar-refractivity contribution >= 4 is 0 Å². The molecule has 13 heavy (non-hydrogen) atoms. The highest BCUT2D eigenvalue weighted by Crippen LogP contribution is 2.63. The molecule has 2 atom stereocenters. The molecule has 4 heteroatoms. The maximum Gasteiger partial charge on any atom is 0.0867 e. The summed E-state index contributed by atoms with van der Waals surface area (Å²) in [6.45, 7) is 4.56. The van der Waals surface area contributed by atoms with E-state index in [-0.39, 0.29) is 12.0 Å². The molecule has 1 heterocycles. The Morgan fingerprint density at radius 1 is 1.62 bits per heavy atom. The van der Waals surface area contributed by atoms with Crippen molar-refractivity contribution in [3.8, 4) is 0 Å². The van der Waals surface area contributed by atoms with E-state index in [1.165, 1.54) is 0 Å². The number of nitrogens with zero attached hydrogens (tertiary/aromatic N) is 3. The van der Waals surface area contributed by atoms with Gasteiger partial charge in [0.2, 0.25) is 0 Å². The number of hydrogen-bond donors (Lipinski definition) is 1. The van der Waals surface area contributed by atoms with Gasteiger partial charge in [-0.3, -0.25) is 4.68 Å². The Morgan fingerprint density at radius 3 is 2.69 bits per heavy atom. The van der Waals surface area contributed by atoms with Gasteiger partial charge in [-0.05, 0) is 11.3 Å². The van der Waals surface area contributed by atoms with Crippen molar-refractivity contribution in [3.63, 3.8) is 0 Å². The van der Waals surface area contributed by atoms with Gasteiger partial charge in [0.05, 0.1) is 5.69 Å². The van der Waals surface area contributed by atoms with Crippen molar-refractivity contribution in [2.24, 2.45) is 18.4 Å². The Balaban J connectivity index is 2.21. The van der Waals surface area contributed by atoms with E-state index in [9.17, 15) is 0 Å². The molecule has 1 N–H and O–H groups in total. The molecule has 72 valence electrons. The predicted octanol–water partition coefficient (Wildman–Crippen LogP) is 0.547. The zero-order valence-electron chi connectivity index (χ0n) is 8.23. The van der Waals surface area contributed by atoms with E-state index < -0.39 is 0 Å². The molecule has 0 amide bonds. The van der Waals surface area contributed by atoms with E-state index >= 15 is 0 Å². The minimum Gasteiger partial charge on any atom is -0.396 e. The predicted molar refractivity (Wildman–Crippen MR) is 48.1 cm³/mol. The van der Waals surface area contributed by atoms with E-state index in [4.69, 9.17) is 5.11 Å². The van der Waals surface area contributed by atoms with E-state index in [0.29, 0.717) is 11.8 Å². The van der Waals surface area contributed by atoms with Gasteiger partial charge in [-0.25, -0.2) is 0 Å². The van der Waals surface area contributed by atoms with Gasteiger partial charge in [0.15, 0.2) is 0 Å². The summed E-state index contributed by atoms with van der Waals surface area (Å²) in [5.41, 5.74) is 1.19. The summed E-state index contributed by atoms with van der Waals surface area (Å²) >= 11 is 0. The highest BCUT2D eigenvalue weighted by molar-refractivity contribution is 5.23. The minimum absolute atomic E-state index is 0.185. The molecule has 2 unspecified atom stereocenters. The zero-order chi connectivity index (χ0) is 9.64. The van der Waals surface area contributed by atoms with Crippen LogP contribution in [0.25, 0.3) is 0 Å². The highest BCUT2D eigenvalue weighted by Gasteiger charge is 2.59. The van der Waals surface area contributed by atoms with Crippen molar-refractivity contribution in [1.82, 2.24) is 15.0 Å². The number of rotatable bonds is 2. The van der Waals surface area contributed by atoms with Gasteiger partial charge in [0.1, 0.15) is 0 Å². The zero-order valence-corrected chi connectivity index (χ0v) is 8.23. The van der Waals surface area contributed by atoms with Crippen molar-refractivity contribution < 1.29 is 5.11 Å². The lowest BCUT2D eigenvalue weighted by Gasteiger charge is -1.97. The molecule has 0 bridgehead atoms. The topological polar surface area (TPSA) is 50.9 Å². The first-order chi connectivity index (χ1) is 6.07. The van der Waals surface area contributed by atoms with Crippen LogP contribution < -0.4 is 0 Å². The van der Waals surface area contributed by atoms with Gasteiger partial charge >= 0.3 is 0 Å². The Hall–Kier alpha value is -0.900. The second kappa shape index (κ2) is 2.54. The van der Waals surface area contributed by atoms with Crippen molar-refractivity contribution in [3.05, 3.63) is 11.9 Å². The van der Waals surface area contributed by atoms with Crippen molar-refractivity contribution in [2.45, 2.75) is 19.8 Å². The minimum atomic E-state index is 0.185. The second-order valence-corrected chi connectivity index (χ2v) is 4.41. The number of aliphatic hydroxyl groups excluding tert-OH is 1. The SMILES string of the molecule is Cn1cc(C2C(CO)C2(C)C)nn1. The third kappa shape index (κ3) is 1.16. The smallest absolute Gasteiger partial charge is 0.0867 e. The van der Waals surface area contributed by atoms with Crippen LogP contribution in [0.5, 0.6) is 0 Å². The number of aliphatic hydroxyl groups is 1. The Kier molecular flexibility index (Phi) is 1.70. The summed E-state index contributed by atoms with van der Waals surface area (Å²) in [4.78, 5) is 0. The molecule has 0 saturated heterocycles. The second-order valence-electron chi connectivity index (χ2n) is 4.41. The Bertz CT molecular complexity index is 318. The van der Waals surface area contributed by atoms with Crippen molar-refractivity contribution in [2.75, 3.05) is 6.61 Å². The van der Waals surface area contributed by atoms with Crippen LogP contribution in [0.4, 0.5) is 0 Å². The third-order valence-corrected chi connectivity index (χ3v) is 3.19. The molecule has 4 nitrogen and oxygen atoms in total. The fraction of sp³-hybridized carbons (Fsp3) is 0.778. The third-order valence-electron chi connectivity index (χ3n) is 3.19. The van der Waals surface area contributed by atoms with E-state index in [2.05, 4.69) is 24.2 Å². The van der Waals surface area contributed by atoms with E-state index in [1.54, 1.807) is 4.68 Å². The van der Waals surface area contributed by atoms with Crippen molar-refractivity contribution in [1.29, 1.82) is 0 Å². The summed E-state index contributed by atoms with van der Waals surface area (Å²) in [7, 11) is 1.86. The normalized spacial score (nSPS) is 30.5. The summed E-state index contributed by atoms with van der Waals surface area (Å²) in [5.74, 6) is 0.732. The molecule has 0 radical (unpaired) electrons. The van der Waals surface area contributed by atoms with Crippen LogP contribution in [0.3, 0.4) is 0 Å². The maximum absolute atomic E-state index is 9.13. The van der Waals surface area contributed by atoms with Gasteiger partial charge in [0, 0.05) is 25.8 Å². The first-order valence-corrected chi connectivity index (χ1v) is 4.54. The molecule has 1 saturated carbocycles. The fourth-order valence-electron chi connectivity index (χ4n) is 2.18. The van der Waals surface area contributed by atoms with Gasteiger partial charge in [-0.2, -0.15) is 0 Å². The largest absolute Gasteiger partial charge is 0.396 e. The first-order valence-electron chi connectivity index (χ1n) is 4.54. The monoisotopic (exact) mass is 181 g/mol. The quantitative estimate of drug-likeness (QED) is 0.724. The van der Waals surface area contributed by atoms with Gasteiger partial charge in [-0.15, -0.1) is 5.10 Å². The number of aryl methyl sites for hydroxylation is 1. The summed E-state index contributed by atoms with van der Waals surface area (Å²) in [5, 5.41) is 17.1. The molecule has 0 spiro atoms. The summed E-state index contributed by atoms with van der Waals surface area (Å²) in [6.07, 6.45) is 1.93. The molecular formula is C9H15N3O. The maximum atomic E-state index is 9.13. The molecule has 1 fully saturated rings. The van der Waals surface area contributed by atoms with E-state index in [1.807, 2.05) is 13.2 Å². The fourth-order valence-corrected chi connectivity index (χ4v) is 2.18. The van der Waals surface area contributed by atoms with Gasteiger partial charge in [-0.1, -0.05) is 19.1 Å². The van der Waals surface area contributed by atoms with Crippen LogP contribution in [0.1, 0.15) is 25.5 Å². The van der Waals surface area contributed by atoms with Crippen LogP contribution in [0.2, 0.25) is 0 Å². The molecule has 1 aromatic rings. The standard InChI is InChI=1S/C9H15N3O/c1-9(2)6(5-13)8(9)7-4-12(3)11-10-7/h4,6,8,13H,5H2,1-3H3. The molecule has 1 aliphatic carbocycles. The first kappa shape index (κ1) is 8.69. The average molecular weight is 181 g/mol. The lowest BCUT2D eigenvalue weighted by molar-refractivity contribution is 0.256. The van der Waals surface area contributed by atoms with E-state index in [0.717, 1.165) is 5.69 Å². The number of aromatic nitrogens is 3. The molecule has 2 rings (SSSR count). The van der Waals surface area contributed by atoms with Gasteiger partial charge < -0.3 is 5.11 Å². The Morgan fingerprint density at radius 2 is 2.31 bits per heavy atom. The van der Waals surface area contributed by atoms with Crippen LogP contribution >= 0.6 is 0 Å². The lowest BCUT2D eigenvalue weighted by Crippen LogP contribution is -1.93. The number of hydrogen-bond acceptors (Lipinski definition) is 3. The summed E-state index contributed by atoms with van der Waals surface area (Å²) in [6, 6.07) is 0. The van der Waals surface area contributed by atoms with Crippen LogP contribution in [-0.4, -0.2) is 26.7 Å². The molecule has 0 aromatic carbocycles. The molecule has 1 aliphatic rings. The van der Waals surface area contributed by atoms with Gasteiger partial charge in [0.25, 0.3) is 0 Å². The Labute approximate surface area is 77.6 Å². The highest BCUT2D eigenvalue weighted by atomic mass is 16.3. The van der Waals surface area contributed by atoms with Crippen LogP contribution in [-0.2, 0) is 7.05 Å². The average Bonchev–Trinajstić information content (AvgIpc) is 2.41. The van der Waals surface area contributed by atoms with Crippen LogP contribution in [0.15, 0.2) is 6.20 Å². The summed E-state index contributed by atoms with van der Waals surface area (Å²) < 4.78 is 1.71. The molecule has 1 aromatic heterocycles. The van der Waals surface area contributed by atoms with Crippen LogP contribution in [0, 0.1) is 11.3 Å².